The molecule has 0 unspecified atom stereocenters. The SMILES string of the molecule is COC(=O)c1cc(N2CCOCC2)c(/C=C/C(=O)OC(C)(C)C)cc1C. The predicted octanol–water partition coefficient (Wildman–Crippen LogP) is 2.97. The van der Waals surface area contributed by atoms with Crippen molar-refractivity contribution >= 4 is 23.7 Å². The molecule has 1 heterocycles. The number of rotatable bonds is 4. The summed E-state index contributed by atoms with van der Waals surface area (Å²) in [7, 11) is 1.37. The number of esters is 2. The minimum Gasteiger partial charge on any atom is -0.465 e. The van der Waals surface area contributed by atoms with Crippen LogP contribution in [-0.2, 0) is 19.0 Å². The minimum absolute atomic E-state index is 0.375. The topological polar surface area (TPSA) is 65.1 Å². The standard InChI is InChI=1S/C20H27NO5/c1-14-12-15(6-7-18(22)26-20(2,3)4)17(13-16(14)19(23)24-5)21-8-10-25-11-9-21/h6-7,12-13H,8-11H2,1-5H3/b7-6+. The van der Waals surface area contributed by atoms with E-state index in [-0.39, 0.29) is 5.97 Å². The summed E-state index contributed by atoms with van der Waals surface area (Å²) in [6, 6.07) is 3.71. The number of carbonyl (C=O) groups excluding carboxylic acids is 2. The van der Waals surface area contributed by atoms with E-state index in [2.05, 4.69) is 4.90 Å². The van der Waals surface area contributed by atoms with Crippen molar-refractivity contribution in [3.8, 4) is 0 Å². The maximum absolute atomic E-state index is 12.0. The van der Waals surface area contributed by atoms with Crippen molar-refractivity contribution in [2.45, 2.75) is 33.3 Å². The van der Waals surface area contributed by atoms with Gasteiger partial charge in [-0.3, -0.25) is 0 Å². The van der Waals surface area contributed by atoms with Gasteiger partial charge in [-0.15, -0.1) is 0 Å². The fourth-order valence-electron chi connectivity index (χ4n) is 2.75. The van der Waals surface area contributed by atoms with Crippen molar-refractivity contribution < 1.29 is 23.8 Å². The Kier molecular flexibility index (Phi) is 6.42. The second-order valence-corrected chi connectivity index (χ2v) is 7.18. The molecule has 0 saturated carbocycles. The number of methoxy groups -OCH3 is 1. The van der Waals surface area contributed by atoms with Crippen molar-refractivity contribution in [3.63, 3.8) is 0 Å². The van der Waals surface area contributed by atoms with Gasteiger partial charge in [-0.25, -0.2) is 9.59 Å². The third kappa shape index (κ3) is 5.33. The lowest BCUT2D eigenvalue weighted by Gasteiger charge is -2.30. The molecule has 142 valence electrons. The van der Waals surface area contributed by atoms with Crippen LogP contribution in [0.1, 0.15) is 42.3 Å². The fraction of sp³-hybridized carbons (Fsp3) is 0.500. The first-order chi connectivity index (χ1) is 12.2. The lowest BCUT2D eigenvalue weighted by Crippen LogP contribution is -2.36. The van der Waals surface area contributed by atoms with E-state index < -0.39 is 11.6 Å². The molecule has 6 nitrogen and oxygen atoms in total. The molecule has 1 fully saturated rings. The normalized spacial score (nSPS) is 15.2. The smallest absolute Gasteiger partial charge is 0.338 e. The maximum Gasteiger partial charge on any atom is 0.338 e. The lowest BCUT2D eigenvalue weighted by molar-refractivity contribution is -0.148. The zero-order valence-corrected chi connectivity index (χ0v) is 16.1. The summed E-state index contributed by atoms with van der Waals surface area (Å²) in [4.78, 5) is 26.2. The van der Waals surface area contributed by atoms with E-state index in [1.807, 2.05) is 39.8 Å². The van der Waals surface area contributed by atoms with Crippen molar-refractivity contribution in [1.82, 2.24) is 0 Å². The van der Waals surface area contributed by atoms with E-state index >= 15 is 0 Å². The van der Waals surface area contributed by atoms with Crippen molar-refractivity contribution in [2.24, 2.45) is 0 Å². The van der Waals surface area contributed by atoms with Gasteiger partial charge in [-0.2, -0.15) is 0 Å². The number of hydrogen-bond acceptors (Lipinski definition) is 6. The van der Waals surface area contributed by atoms with E-state index in [0.29, 0.717) is 18.8 Å². The molecule has 1 aromatic carbocycles. The van der Waals surface area contributed by atoms with E-state index in [9.17, 15) is 9.59 Å². The van der Waals surface area contributed by atoms with Gasteiger partial charge in [0.1, 0.15) is 5.60 Å². The van der Waals surface area contributed by atoms with Gasteiger partial charge in [0.25, 0.3) is 0 Å². The third-order valence-electron chi connectivity index (χ3n) is 3.94. The average molecular weight is 361 g/mol. The zero-order chi connectivity index (χ0) is 19.3. The molecule has 0 spiro atoms. The minimum atomic E-state index is -0.543. The highest BCUT2D eigenvalue weighted by Crippen LogP contribution is 2.28. The molecule has 0 aliphatic carbocycles. The molecule has 0 N–H and O–H groups in total. The van der Waals surface area contributed by atoms with Crippen LogP contribution in [-0.4, -0.2) is 51.0 Å². The molecule has 6 heteroatoms. The second-order valence-electron chi connectivity index (χ2n) is 7.18. The number of nitrogens with zero attached hydrogens (tertiary/aromatic N) is 1. The largest absolute Gasteiger partial charge is 0.465 e. The van der Waals surface area contributed by atoms with Crippen molar-refractivity contribution in [3.05, 3.63) is 34.9 Å². The molecule has 1 aliphatic heterocycles. The monoisotopic (exact) mass is 361 g/mol. The molecule has 0 amide bonds. The summed E-state index contributed by atoms with van der Waals surface area (Å²) in [6.45, 7) is 10.0. The van der Waals surface area contributed by atoms with Gasteiger partial charge in [0.05, 0.1) is 25.9 Å². The van der Waals surface area contributed by atoms with Crippen LogP contribution >= 0.6 is 0 Å². The molecule has 26 heavy (non-hydrogen) atoms. The molecule has 0 aromatic heterocycles. The van der Waals surface area contributed by atoms with Crippen LogP contribution in [0.5, 0.6) is 0 Å². The maximum atomic E-state index is 12.0. The van der Waals surface area contributed by atoms with Crippen LogP contribution < -0.4 is 4.90 Å². The first kappa shape index (κ1) is 20.0. The third-order valence-corrected chi connectivity index (χ3v) is 3.94. The van der Waals surface area contributed by atoms with Crippen molar-refractivity contribution in [1.29, 1.82) is 0 Å². The average Bonchev–Trinajstić information content (AvgIpc) is 2.58. The Bertz CT molecular complexity index is 697. The molecule has 0 bridgehead atoms. The quantitative estimate of drug-likeness (QED) is 0.607. The Morgan fingerprint density at radius 2 is 1.85 bits per heavy atom. The van der Waals surface area contributed by atoms with Gasteiger partial charge >= 0.3 is 11.9 Å². The molecule has 2 rings (SSSR count). The van der Waals surface area contributed by atoms with E-state index in [0.717, 1.165) is 29.9 Å². The van der Waals surface area contributed by atoms with Crippen LogP contribution in [0.25, 0.3) is 6.08 Å². The van der Waals surface area contributed by atoms with Gasteiger partial charge < -0.3 is 19.1 Å². The van der Waals surface area contributed by atoms with Gasteiger partial charge in [-0.1, -0.05) is 0 Å². The Morgan fingerprint density at radius 1 is 1.19 bits per heavy atom. The van der Waals surface area contributed by atoms with Gasteiger partial charge in [0.2, 0.25) is 0 Å². The van der Waals surface area contributed by atoms with E-state index in [1.54, 1.807) is 6.08 Å². The van der Waals surface area contributed by atoms with Crippen LogP contribution in [0, 0.1) is 6.92 Å². The van der Waals surface area contributed by atoms with Crippen molar-refractivity contribution in [2.75, 3.05) is 38.3 Å². The Hall–Kier alpha value is -2.34. The number of benzene rings is 1. The molecule has 1 saturated heterocycles. The highest BCUT2D eigenvalue weighted by atomic mass is 16.6. The van der Waals surface area contributed by atoms with Gasteiger partial charge in [0.15, 0.2) is 0 Å². The summed E-state index contributed by atoms with van der Waals surface area (Å²) in [6.07, 6.45) is 3.15. The zero-order valence-electron chi connectivity index (χ0n) is 16.1. The summed E-state index contributed by atoms with van der Waals surface area (Å²) in [5.74, 6) is -0.778. The summed E-state index contributed by atoms with van der Waals surface area (Å²) in [5.41, 5.74) is 2.49. The van der Waals surface area contributed by atoms with Gasteiger partial charge in [0, 0.05) is 24.9 Å². The molecular weight excluding hydrogens is 334 g/mol. The molecule has 0 atom stereocenters. The highest BCUT2D eigenvalue weighted by Gasteiger charge is 2.19. The van der Waals surface area contributed by atoms with Crippen LogP contribution in [0.3, 0.4) is 0 Å². The number of aryl methyl sites for hydroxylation is 1. The number of anilines is 1. The second kappa shape index (κ2) is 8.36. The molecule has 1 aromatic rings. The van der Waals surface area contributed by atoms with E-state index in [4.69, 9.17) is 14.2 Å². The number of carbonyl (C=O) groups is 2. The number of morpholine rings is 1. The lowest BCUT2D eigenvalue weighted by atomic mass is 10.0. The van der Waals surface area contributed by atoms with Gasteiger partial charge in [-0.05, 0) is 57.0 Å². The summed E-state index contributed by atoms with van der Waals surface area (Å²) in [5, 5.41) is 0. The van der Waals surface area contributed by atoms with Crippen LogP contribution in [0.15, 0.2) is 18.2 Å². The predicted molar refractivity (Wildman–Crippen MR) is 100 cm³/mol. The molecule has 0 radical (unpaired) electrons. The highest BCUT2D eigenvalue weighted by molar-refractivity contribution is 5.94. The summed E-state index contributed by atoms with van der Waals surface area (Å²) >= 11 is 0. The first-order valence-electron chi connectivity index (χ1n) is 8.68. The van der Waals surface area contributed by atoms with Crippen LogP contribution in [0.4, 0.5) is 5.69 Å². The fourth-order valence-corrected chi connectivity index (χ4v) is 2.75. The Balaban J connectivity index is 2.38. The molecular formula is C20H27NO5. The summed E-state index contributed by atoms with van der Waals surface area (Å²) < 4.78 is 15.6. The Labute approximate surface area is 154 Å². The Morgan fingerprint density at radius 3 is 2.42 bits per heavy atom. The van der Waals surface area contributed by atoms with Crippen LogP contribution in [0.2, 0.25) is 0 Å². The van der Waals surface area contributed by atoms with E-state index in [1.165, 1.54) is 13.2 Å². The molecule has 1 aliphatic rings. The number of ether oxygens (including phenoxy) is 3. The number of hydrogen-bond donors (Lipinski definition) is 0. The first-order valence-corrected chi connectivity index (χ1v) is 8.68.